The van der Waals surface area contributed by atoms with Crippen molar-refractivity contribution in [2.24, 2.45) is 0 Å². The first kappa shape index (κ1) is 9.35. The summed E-state index contributed by atoms with van der Waals surface area (Å²) in [6.45, 7) is 1.34. The van der Waals surface area contributed by atoms with Crippen molar-refractivity contribution in [3.8, 4) is 0 Å². The zero-order valence-corrected chi connectivity index (χ0v) is 5.66. The van der Waals surface area contributed by atoms with Crippen molar-refractivity contribution in [3.05, 3.63) is 0 Å². The van der Waals surface area contributed by atoms with Crippen LogP contribution in [0, 0.1) is 0 Å². The normalized spacial score (nSPS) is 11.2. The molecule has 5 nitrogen and oxygen atoms in total. The molecular weight excluding hydrogens is 138 g/mol. The second-order valence-corrected chi connectivity index (χ2v) is 2.01. The Balaban J connectivity index is 3.29. The van der Waals surface area contributed by atoms with Gasteiger partial charge in [-0.3, -0.25) is 4.79 Å². The van der Waals surface area contributed by atoms with Crippen LogP contribution in [0.3, 0.4) is 0 Å². The third-order valence-electron chi connectivity index (χ3n) is 0.834. The van der Waals surface area contributed by atoms with Crippen molar-refractivity contribution in [2.75, 3.05) is 6.54 Å². The second kappa shape index (κ2) is 3.50. The van der Waals surface area contributed by atoms with E-state index in [4.69, 9.17) is 15.3 Å². The van der Waals surface area contributed by atoms with Gasteiger partial charge < -0.3 is 20.6 Å². The minimum absolute atomic E-state index is 0.0405. The van der Waals surface area contributed by atoms with Gasteiger partial charge in [0.15, 0.2) is 0 Å². The number of carbonyl (C=O) groups is 1. The predicted octanol–water partition coefficient (Wildman–Crippen LogP) is -1.86. The molecule has 0 aromatic carbocycles. The highest BCUT2D eigenvalue weighted by molar-refractivity contribution is 5.72. The quantitative estimate of drug-likeness (QED) is 0.354. The Kier molecular flexibility index (Phi) is 3.27. The first-order valence-electron chi connectivity index (χ1n) is 2.83. The van der Waals surface area contributed by atoms with Gasteiger partial charge in [0.25, 0.3) is 5.97 Å². The van der Waals surface area contributed by atoms with Crippen molar-refractivity contribution in [1.29, 1.82) is 0 Å². The number of hydrogen-bond donors (Lipinski definition) is 4. The highest BCUT2D eigenvalue weighted by atomic mass is 16.7. The van der Waals surface area contributed by atoms with Crippen LogP contribution in [0.2, 0.25) is 0 Å². The van der Waals surface area contributed by atoms with E-state index < -0.39 is 5.97 Å². The van der Waals surface area contributed by atoms with E-state index in [0.29, 0.717) is 0 Å². The van der Waals surface area contributed by atoms with Gasteiger partial charge in [-0.15, -0.1) is 0 Å². The molecule has 0 aromatic rings. The summed E-state index contributed by atoms with van der Waals surface area (Å²) in [6.07, 6.45) is -0.299. The molecule has 0 aromatic heterocycles. The van der Waals surface area contributed by atoms with Gasteiger partial charge in [-0.25, -0.2) is 0 Å². The molecule has 0 saturated carbocycles. The topological polar surface area (TPSA) is 89.8 Å². The van der Waals surface area contributed by atoms with Crippen LogP contribution in [0.1, 0.15) is 13.3 Å². The molecule has 0 aliphatic rings. The van der Waals surface area contributed by atoms with Crippen LogP contribution in [0.4, 0.5) is 0 Å². The lowest BCUT2D eigenvalue weighted by molar-refractivity contribution is -0.313. The van der Waals surface area contributed by atoms with E-state index in [0.717, 1.165) is 0 Å². The van der Waals surface area contributed by atoms with E-state index >= 15 is 0 Å². The molecule has 0 radical (unpaired) electrons. The monoisotopic (exact) mass is 149 g/mol. The van der Waals surface area contributed by atoms with Crippen molar-refractivity contribution in [2.45, 2.75) is 19.3 Å². The molecule has 10 heavy (non-hydrogen) atoms. The summed E-state index contributed by atoms with van der Waals surface area (Å²) in [5.41, 5.74) is 0. The van der Waals surface area contributed by atoms with Gasteiger partial charge in [-0.1, -0.05) is 0 Å². The fourth-order valence-corrected chi connectivity index (χ4v) is 0.406. The fraction of sp³-hybridized carbons (Fsp3) is 0.800. The maximum atomic E-state index is 10.2. The molecule has 0 saturated heterocycles. The van der Waals surface area contributed by atoms with Gasteiger partial charge in [0, 0.05) is 19.9 Å². The van der Waals surface area contributed by atoms with E-state index in [-0.39, 0.29) is 18.9 Å². The molecule has 0 bridgehead atoms. The van der Waals surface area contributed by atoms with Crippen LogP contribution in [-0.4, -0.2) is 33.7 Å². The molecule has 60 valence electrons. The standard InChI is InChI=1S/C5H11NO4/c1-4(7)6-3-2-5(8,9)10/h8-10H,2-3H2,1H3,(H,6,7). The molecule has 0 unspecified atom stereocenters. The highest BCUT2D eigenvalue weighted by Crippen LogP contribution is 1.96. The molecule has 0 atom stereocenters. The average molecular weight is 149 g/mol. The van der Waals surface area contributed by atoms with Gasteiger partial charge in [0.2, 0.25) is 5.91 Å². The number of aliphatic hydroxyl groups is 3. The molecule has 5 heteroatoms. The maximum absolute atomic E-state index is 10.2. The van der Waals surface area contributed by atoms with Crippen molar-refractivity contribution >= 4 is 5.91 Å². The number of rotatable bonds is 3. The summed E-state index contributed by atoms with van der Waals surface area (Å²) in [5.74, 6) is -2.95. The van der Waals surface area contributed by atoms with Gasteiger partial charge in [0.1, 0.15) is 0 Å². The largest absolute Gasteiger partial charge is 0.356 e. The zero-order valence-electron chi connectivity index (χ0n) is 5.66. The van der Waals surface area contributed by atoms with Crippen LogP contribution in [0.25, 0.3) is 0 Å². The molecule has 0 aliphatic carbocycles. The smallest absolute Gasteiger partial charge is 0.277 e. The Morgan fingerprint density at radius 2 is 2.00 bits per heavy atom. The number of carbonyl (C=O) groups excluding carboxylic acids is 1. The predicted molar refractivity (Wildman–Crippen MR) is 32.7 cm³/mol. The van der Waals surface area contributed by atoms with E-state index in [1.54, 1.807) is 0 Å². The lowest BCUT2D eigenvalue weighted by atomic mass is 10.3. The molecular formula is C5H11NO4. The summed E-state index contributed by atoms with van der Waals surface area (Å²) < 4.78 is 0. The van der Waals surface area contributed by atoms with Gasteiger partial charge >= 0.3 is 0 Å². The Morgan fingerprint density at radius 1 is 1.50 bits per heavy atom. The van der Waals surface area contributed by atoms with Crippen LogP contribution in [0.15, 0.2) is 0 Å². The second-order valence-electron chi connectivity index (χ2n) is 2.01. The maximum Gasteiger partial charge on any atom is 0.277 e. The van der Waals surface area contributed by atoms with E-state index in [1.165, 1.54) is 6.92 Å². The van der Waals surface area contributed by atoms with Gasteiger partial charge in [0.05, 0.1) is 0 Å². The molecule has 0 aliphatic heterocycles. The summed E-state index contributed by atoms with van der Waals surface area (Å²) in [4.78, 5) is 10.2. The number of hydrogen-bond acceptors (Lipinski definition) is 4. The third kappa shape index (κ3) is 7.35. The van der Waals surface area contributed by atoms with Crippen LogP contribution in [-0.2, 0) is 4.79 Å². The lowest BCUT2D eigenvalue weighted by Crippen LogP contribution is -2.33. The van der Waals surface area contributed by atoms with Crippen molar-refractivity contribution in [1.82, 2.24) is 5.32 Å². The first-order valence-corrected chi connectivity index (χ1v) is 2.83. The Hall–Kier alpha value is -0.650. The fourth-order valence-electron chi connectivity index (χ4n) is 0.406. The lowest BCUT2D eigenvalue weighted by Gasteiger charge is -2.12. The van der Waals surface area contributed by atoms with Gasteiger partial charge in [-0.05, 0) is 0 Å². The SMILES string of the molecule is CC(=O)NCCC(O)(O)O. The Labute approximate surface area is 58.3 Å². The van der Waals surface area contributed by atoms with Crippen molar-refractivity contribution in [3.63, 3.8) is 0 Å². The van der Waals surface area contributed by atoms with E-state index in [2.05, 4.69) is 5.32 Å². The minimum atomic E-state index is -2.68. The number of amides is 1. The molecule has 0 heterocycles. The van der Waals surface area contributed by atoms with Crippen LogP contribution >= 0.6 is 0 Å². The molecule has 1 amide bonds. The number of nitrogens with one attached hydrogen (secondary N) is 1. The van der Waals surface area contributed by atoms with Crippen molar-refractivity contribution < 1.29 is 20.1 Å². The van der Waals surface area contributed by atoms with Crippen LogP contribution < -0.4 is 5.32 Å². The Bertz CT molecular complexity index is 117. The van der Waals surface area contributed by atoms with E-state index in [9.17, 15) is 4.79 Å². The Morgan fingerprint density at radius 3 is 2.30 bits per heavy atom. The first-order chi connectivity index (χ1) is 4.42. The summed E-state index contributed by atoms with van der Waals surface area (Å²) in [6, 6.07) is 0. The minimum Gasteiger partial charge on any atom is -0.356 e. The zero-order chi connectivity index (χ0) is 8.20. The summed E-state index contributed by atoms with van der Waals surface area (Å²) >= 11 is 0. The molecule has 4 N–H and O–H groups in total. The summed E-state index contributed by atoms with van der Waals surface area (Å²) in [7, 11) is 0. The summed E-state index contributed by atoms with van der Waals surface area (Å²) in [5, 5.41) is 27.2. The van der Waals surface area contributed by atoms with Gasteiger partial charge in [-0.2, -0.15) is 0 Å². The molecule has 0 fully saturated rings. The van der Waals surface area contributed by atoms with Crippen LogP contribution in [0.5, 0.6) is 0 Å². The molecule has 0 rings (SSSR count). The van der Waals surface area contributed by atoms with E-state index in [1.807, 2.05) is 0 Å². The third-order valence-corrected chi connectivity index (χ3v) is 0.834. The average Bonchev–Trinajstić information content (AvgIpc) is 1.59. The highest BCUT2D eigenvalue weighted by Gasteiger charge is 2.16. The molecule has 0 spiro atoms.